The van der Waals surface area contributed by atoms with Crippen molar-refractivity contribution in [1.29, 1.82) is 0 Å². The van der Waals surface area contributed by atoms with Crippen LogP contribution in [0.5, 0.6) is 5.75 Å². The highest BCUT2D eigenvalue weighted by Gasteiger charge is 2.14. The van der Waals surface area contributed by atoms with Crippen LogP contribution in [-0.4, -0.2) is 29.1 Å². The average Bonchev–Trinajstić information content (AvgIpc) is 2.28. The van der Waals surface area contributed by atoms with Gasteiger partial charge in [0.15, 0.2) is 0 Å². The van der Waals surface area contributed by atoms with E-state index in [2.05, 4.69) is 5.32 Å². The summed E-state index contributed by atoms with van der Waals surface area (Å²) in [5.74, 6) is 0.702. The fourth-order valence-electron chi connectivity index (χ4n) is 1.39. The van der Waals surface area contributed by atoms with Crippen LogP contribution in [0.4, 0.5) is 0 Å². The quantitative estimate of drug-likeness (QED) is 0.828. The number of hydrogen-bond acceptors (Lipinski definition) is 3. The van der Waals surface area contributed by atoms with Crippen molar-refractivity contribution in [3.63, 3.8) is 0 Å². The number of nitrogens with one attached hydrogen (secondary N) is 1. The molecule has 0 radical (unpaired) electrons. The molecule has 1 amide bonds. The molecule has 0 aromatic heterocycles. The number of benzene rings is 1. The Labute approximate surface area is 100 Å². The zero-order valence-corrected chi connectivity index (χ0v) is 10.4. The minimum absolute atomic E-state index is 0.0269. The van der Waals surface area contributed by atoms with Gasteiger partial charge in [-0.15, -0.1) is 0 Å². The molecule has 0 heterocycles. The van der Waals surface area contributed by atoms with Gasteiger partial charge in [-0.3, -0.25) is 4.79 Å². The fraction of sp³-hybridized carbons (Fsp3) is 0.417. The summed E-state index contributed by atoms with van der Waals surface area (Å²) in [4.78, 5) is 11.8. The second kappa shape index (κ2) is 6.43. The number of carbonyl (C=O) groups excluding carboxylic acids is 1. The van der Waals surface area contributed by atoms with E-state index in [4.69, 9.17) is 0 Å². The molecule has 1 rings (SSSR count). The van der Waals surface area contributed by atoms with Crippen LogP contribution in [0.3, 0.4) is 0 Å². The van der Waals surface area contributed by atoms with E-state index in [0.717, 1.165) is 12.2 Å². The summed E-state index contributed by atoms with van der Waals surface area (Å²) in [7, 11) is 0. The third-order valence-corrected chi connectivity index (χ3v) is 3.08. The van der Waals surface area contributed by atoms with Gasteiger partial charge >= 0.3 is 0 Å². The van der Waals surface area contributed by atoms with Gasteiger partial charge in [0.05, 0.1) is 5.56 Å². The lowest BCUT2D eigenvalue weighted by atomic mass is 10.1. The second-order valence-corrected chi connectivity index (χ2v) is 4.46. The Morgan fingerprint density at radius 2 is 2.19 bits per heavy atom. The minimum atomic E-state index is -0.209. The monoisotopic (exact) mass is 239 g/mol. The van der Waals surface area contributed by atoms with Gasteiger partial charge in [-0.05, 0) is 24.8 Å². The van der Waals surface area contributed by atoms with Crippen LogP contribution in [0, 0.1) is 0 Å². The molecule has 0 bridgehead atoms. The number of rotatable bonds is 5. The van der Waals surface area contributed by atoms with Gasteiger partial charge in [-0.25, -0.2) is 0 Å². The average molecular weight is 239 g/mol. The molecule has 2 N–H and O–H groups in total. The Kier molecular flexibility index (Phi) is 5.19. The molecule has 0 aliphatic heterocycles. The summed E-state index contributed by atoms with van der Waals surface area (Å²) < 4.78 is 0. The van der Waals surface area contributed by atoms with Crippen LogP contribution >= 0.6 is 11.8 Å². The molecule has 4 heteroatoms. The molecule has 0 saturated carbocycles. The predicted molar refractivity (Wildman–Crippen MR) is 68.0 cm³/mol. The van der Waals surface area contributed by atoms with Crippen molar-refractivity contribution in [2.24, 2.45) is 0 Å². The van der Waals surface area contributed by atoms with Gasteiger partial charge < -0.3 is 10.4 Å². The Balaban J connectivity index is 2.68. The van der Waals surface area contributed by atoms with Gasteiger partial charge in [0.1, 0.15) is 5.75 Å². The number of hydrogen-bond donors (Lipinski definition) is 2. The lowest BCUT2D eigenvalue weighted by Crippen LogP contribution is -2.36. The largest absolute Gasteiger partial charge is 0.507 e. The van der Waals surface area contributed by atoms with E-state index in [-0.39, 0.29) is 17.7 Å². The Morgan fingerprint density at radius 3 is 2.75 bits per heavy atom. The van der Waals surface area contributed by atoms with Crippen LogP contribution in [0.25, 0.3) is 0 Å². The van der Waals surface area contributed by atoms with Gasteiger partial charge in [0, 0.05) is 11.8 Å². The molecule has 88 valence electrons. The SMILES string of the molecule is CCC(CSC)NC(=O)c1ccccc1O. The van der Waals surface area contributed by atoms with Crippen LogP contribution in [-0.2, 0) is 0 Å². The lowest BCUT2D eigenvalue weighted by molar-refractivity contribution is 0.0937. The van der Waals surface area contributed by atoms with Crippen LogP contribution in [0.2, 0.25) is 0 Å². The number of carbonyl (C=O) groups is 1. The zero-order valence-electron chi connectivity index (χ0n) is 9.56. The molecule has 16 heavy (non-hydrogen) atoms. The molecule has 0 aliphatic carbocycles. The Hall–Kier alpha value is -1.16. The van der Waals surface area contributed by atoms with E-state index in [1.165, 1.54) is 6.07 Å². The molecule has 1 unspecified atom stereocenters. The van der Waals surface area contributed by atoms with E-state index >= 15 is 0 Å². The van der Waals surface area contributed by atoms with Crippen LogP contribution < -0.4 is 5.32 Å². The summed E-state index contributed by atoms with van der Waals surface area (Å²) in [5, 5.41) is 12.4. The fourth-order valence-corrected chi connectivity index (χ4v) is 2.11. The van der Waals surface area contributed by atoms with E-state index in [9.17, 15) is 9.90 Å². The topological polar surface area (TPSA) is 49.3 Å². The first-order chi connectivity index (χ1) is 7.69. The highest BCUT2D eigenvalue weighted by molar-refractivity contribution is 7.98. The Bertz CT molecular complexity index is 355. The van der Waals surface area contributed by atoms with Gasteiger partial charge in [0.25, 0.3) is 5.91 Å². The molecule has 0 aliphatic rings. The molecule has 1 aromatic carbocycles. The molecular formula is C12H17NO2S. The number of thioether (sulfide) groups is 1. The number of aromatic hydroxyl groups is 1. The van der Waals surface area contributed by atoms with Gasteiger partial charge in [0.2, 0.25) is 0 Å². The van der Waals surface area contributed by atoms with Crippen molar-refractivity contribution < 1.29 is 9.90 Å². The first kappa shape index (κ1) is 12.9. The van der Waals surface area contributed by atoms with Crippen LogP contribution in [0.1, 0.15) is 23.7 Å². The molecule has 0 spiro atoms. The molecule has 3 nitrogen and oxygen atoms in total. The third kappa shape index (κ3) is 3.45. The first-order valence-corrected chi connectivity index (χ1v) is 6.66. The standard InChI is InChI=1S/C12H17NO2S/c1-3-9(8-16-2)13-12(15)10-6-4-5-7-11(10)14/h4-7,9,14H,3,8H2,1-2H3,(H,13,15). The minimum Gasteiger partial charge on any atom is -0.507 e. The number of phenols is 1. The van der Waals surface area contributed by atoms with Crippen LogP contribution in [0.15, 0.2) is 24.3 Å². The smallest absolute Gasteiger partial charge is 0.255 e. The summed E-state index contributed by atoms with van der Waals surface area (Å²) in [6.45, 7) is 2.03. The lowest BCUT2D eigenvalue weighted by Gasteiger charge is -2.16. The van der Waals surface area contributed by atoms with Crippen molar-refractivity contribution >= 4 is 17.7 Å². The molecule has 0 fully saturated rings. The summed E-state index contributed by atoms with van der Waals surface area (Å²) in [6.07, 6.45) is 2.90. The van der Waals surface area contributed by atoms with Crippen molar-refractivity contribution in [1.82, 2.24) is 5.32 Å². The first-order valence-electron chi connectivity index (χ1n) is 5.26. The number of phenolic OH excluding ortho intramolecular Hbond substituents is 1. The summed E-state index contributed by atoms with van der Waals surface area (Å²) in [5.41, 5.74) is 0.335. The van der Waals surface area contributed by atoms with Crippen molar-refractivity contribution in [2.45, 2.75) is 19.4 Å². The summed E-state index contributed by atoms with van der Waals surface area (Å²) in [6, 6.07) is 6.73. The van der Waals surface area contributed by atoms with Crippen molar-refractivity contribution in [3.05, 3.63) is 29.8 Å². The predicted octanol–water partition coefficient (Wildman–Crippen LogP) is 2.26. The second-order valence-electron chi connectivity index (χ2n) is 3.55. The van der Waals surface area contributed by atoms with E-state index in [1.807, 2.05) is 13.2 Å². The van der Waals surface area contributed by atoms with E-state index in [1.54, 1.807) is 30.0 Å². The molecular weight excluding hydrogens is 222 g/mol. The van der Waals surface area contributed by atoms with Crippen molar-refractivity contribution in [3.8, 4) is 5.75 Å². The van der Waals surface area contributed by atoms with Crippen molar-refractivity contribution in [2.75, 3.05) is 12.0 Å². The maximum atomic E-state index is 11.8. The van der Waals surface area contributed by atoms with Gasteiger partial charge in [-0.2, -0.15) is 11.8 Å². The molecule has 1 aromatic rings. The maximum absolute atomic E-state index is 11.8. The molecule has 0 saturated heterocycles. The highest BCUT2D eigenvalue weighted by atomic mass is 32.2. The molecule has 1 atom stereocenters. The number of amides is 1. The number of para-hydroxylation sites is 1. The van der Waals surface area contributed by atoms with E-state index in [0.29, 0.717) is 5.56 Å². The summed E-state index contributed by atoms with van der Waals surface area (Å²) >= 11 is 1.70. The Morgan fingerprint density at radius 1 is 1.50 bits per heavy atom. The van der Waals surface area contributed by atoms with E-state index < -0.39 is 0 Å². The normalized spacial score (nSPS) is 12.1. The zero-order chi connectivity index (χ0) is 12.0. The third-order valence-electron chi connectivity index (χ3n) is 2.34. The maximum Gasteiger partial charge on any atom is 0.255 e. The van der Waals surface area contributed by atoms with Gasteiger partial charge in [-0.1, -0.05) is 19.1 Å². The highest BCUT2D eigenvalue weighted by Crippen LogP contribution is 2.15.